The monoisotopic (exact) mass is 497 g/mol. The predicted molar refractivity (Wildman–Crippen MR) is 158 cm³/mol. The third kappa shape index (κ3) is 26.8. The molecule has 0 aromatic carbocycles. The second-order valence-corrected chi connectivity index (χ2v) is 12.4. The van der Waals surface area contributed by atoms with E-state index >= 15 is 0 Å². The van der Waals surface area contributed by atoms with Gasteiger partial charge in [-0.25, -0.2) is 0 Å². The molecule has 0 amide bonds. The molecule has 0 fully saturated rings. The summed E-state index contributed by atoms with van der Waals surface area (Å²) >= 11 is 0. The van der Waals surface area contributed by atoms with Crippen molar-refractivity contribution in [2.75, 3.05) is 13.2 Å². The number of rotatable bonds is 28. The van der Waals surface area contributed by atoms with E-state index in [0.717, 1.165) is 13.2 Å². The predicted octanol–water partition coefficient (Wildman–Crippen LogP) is 11.6. The van der Waals surface area contributed by atoms with Crippen LogP contribution in [0.5, 0.6) is 0 Å². The molecule has 0 atom stereocenters. The Balaban J connectivity index is 3.26. The van der Waals surface area contributed by atoms with Gasteiger partial charge in [-0.1, -0.05) is 136 Å². The van der Waals surface area contributed by atoms with Crippen LogP contribution in [0.15, 0.2) is 0 Å². The van der Waals surface area contributed by atoms with Crippen molar-refractivity contribution in [2.24, 2.45) is 0 Å². The Bertz CT molecular complexity index is 377. The van der Waals surface area contributed by atoms with Crippen LogP contribution < -0.4 is 0 Å². The first-order valence-electron chi connectivity index (χ1n) is 16.1. The van der Waals surface area contributed by atoms with Crippen LogP contribution in [0.4, 0.5) is 0 Å². The van der Waals surface area contributed by atoms with E-state index in [1.165, 1.54) is 148 Å². The average Bonchev–Trinajstić information content (AvgIpc) is 2.80. The molecule has 0 aromatic heterocycles. The number of hydrogen-bond donors (Lipinski definition) is 0. The second kappa shape index (κ2) is 24.3. The number of ether oxygens (including phenoxy) is 2. The standard InChI is InChI=1S/C33H68O2/c1-7-9-30-34-32(3,4)28-26-24-22-20-18-16-14-12-11-13-15-17-19-21-23-25-27-29-33(5,6)35-31-10-8-2/h7-31H2,1-6H3. The molecular weight excluding hydrogens is 428 g/mol. The van der Waals surface area contributed by atoms with E-state index in [-0.39, 0.29) is 11.2 Å². The third-order valence-corrected chi connectivity index (χ3v) is 7.54. The topological polar surface area (TPSA) is 18.5 Å². The summed E-state index contributed by atoms with van der Waals surface area (Å²) in [4.78, 5) is 0. The molecule has 0 heterocycles. The van der Waals surface area contributed by atoms with E-state index < -0.39 is 0 Å². The largest absolute Gasteiger partial charge is 0.376 e. The van der Waals surface area contributed by atoms with Crippen molar-refractivity contribution < 1.29 is 9.47 Å². The maximum absolute atomic E-state index is 6.02. The van der Waals surface area contributed by atoms with Crippen molar-refractivity contribution in [1.82, 2.24) is 0 Å². The van der Waals surface area contributed by atoms with E-state index in [0.29, 0.717) is 0 Å². The summed E-state index contributed by atoms with van der Waals surface area (Å²) in [6.07, 6.45) is 31.4. The minimum atomic E-state index is 0.0791. The van der Waals surface area contributed by atoms with Gasteiger partial charge in [0.15, 0.2) is 0 Å². The average molecular weight is 497 g/mol. The Morgan fingerprint density at radius 3 is 0.800 bits per heavy atom. The SMILES string of the molecule is CCCCOC(C)(C)CCCCCCCCCCCCCCCCCCCC(C)(C)OCCCC. The Morgan fingerprint density at radius 1 is 0.343 bits per heavy atom. The van der Waals surface area contributed by atoms with E-state index in [1.54, 1.807) is 0 Å². The molecule has 0 bridgehead atoms. The van der Waals surface area contributed by atoms with E-state index in [1.807, 2.05) is 0 Å². The fourth-order valence-corrected chi connectivity index (χ4v) is 4.88. The van der Waals surface area contributed by atoms with Crippen molar-refractivity contribution in [2.45, 2.75) is 200 Å². The van der Waals surface area contributed by atoms with Crippen LogP contribution in [-0.4, -0.2) is 24.4 Å². The summed E-state index contributed by atoms with van der Waals surface area (Å²) < 4.78 is 12.0. The minimum Gasteiger partial charge on any atom is -0.376 e. The zero-order valence-corrected chi connectivity index (χ0v) is 25.5. The lowest BCUT2D eigenvalue weighted by Gasteiger charge is -2.25. The van der Waals surface area contributed by atoms with Crippen molar-refractivity contribution in [3.8, 4) is 0 Å². The molecule has 0 aliphatic rings. The van der Waals surface area contributed by atoms with Crippen molar-refractivity contribution in [1.29, 1.82) is 0 Å². The third-order valence-electron chi connectivity index (χ3n) is 7.54. The molecule has 0 rings (SSSR count). The van der Waals surface area contributed by atoms with E-state index in [4.69, 9.17) is 9.47 Å². The number of hydrogen-bond acceptors (Lipinski definition) is 2. The molecule has 0 saturated heterocycles. The molecule has 0 radical (unpaired) electrons. The summed E-state index contributed by atoms with van der Waals surface area (Å²) in [5.74, 6) is 0. The van der Waals surface area contributed by atoms with Gasteiger partial charge in [-0.05, 0) is 53.4 Å². The molecule has 0 saturated carbocycles. The zero-order chi connectivity index (χ0) is 26.1. The molecule has 0 aromatic rings. The van der Waals surface area contributed by atoms with Gasteiger partial charge in [0.05, 0.1) is 11.2 Å². The first-order chi connectivity index (χ1) is 16.8. The fourth-order valence-electron chi connectivity index (χ4n) is 4.88. The molecule has 0 aliphatic heterocycles. The molecule has 0 aliphatic carbocycles. The van der Waals surface area contributed by atoms with Crippen LogP contribution in [0.25, 0.3) is 0 Å². The van der Waals surface area contributed by atoms with Crippen LogP contribution >= 0.6 is 0 Å². The Morgan fingerprint density at radius 2 is 0.571 bits per heavy atom. The molecule has 0 spiro atoms. The van der Waals surface area contributed by atoms with Crippen LogP contribution in [0.3, 0.4) is 0 Å². The van der Waals surface area contributed by atoms with Gasteiger partial charge in [0.1, 0.15) is 0 Å². The van der Waals surface area contributed by atoms with Gasteiger partial charge >= 0.3 is 0 Å². The Hall–Kier alpha value is -0.0800. The summed E-state index contributed by atoms with van der Waals surface area (Å²) in [6, 6.07) is 0. The lowest BCUT2D eigenvalue weighted by atomic mass is 9.98. The highest BCUT2D eigenvalue weighted by Gasteiger charge is 2.17. The highest BCUT2D eigenvalue weighted by atomic mass is 16.5. The van der Waals surface area contributed by atoms with Gasteiger partial charge in [0.2, 0.25) is 0 Å². The van der Waals surface area contributed by atoms with Crippen LogP contribution in [0.2, 0.25) is 0 Å². The molecule has 0 unspecified atom stereocenters. The fraction of sp³-hybridized carbons (Fsp3) is 1.00. The minimum absolute atomic E-state index is 0.0791. The molecule has 2 nitrogen and oxygen atoms in total. The summed E-state index contributed by atoms with van der Waals surface area (Å²) in [7, 11) is 0. The maximum Gasteiger partial charge on any atom is 0.0626 e. The van der Waals surface area contributed by atoms with Crippen LogP contribution in [0, 0.1) is 0 Å². The van der Waals surface area contributed by atoms with Gasteiger partial charge < -0.3 is 9.47 Å². The van der Waals surface area contributed by atoms with Crippen molar-refractivity contribution in [3.05, 3.63) is 0 Å². The summed E-state index contributed by atoms with van der Waals surface area (Å²) in [5.41, 5.74) is 0.158. The smallest absolute Gasteiger partial charge is 0.0626 e. The lowest BCUT2D eigenvalue weighted by Crippen LogP contribution is -2.24. The van der Waals surface area contributed by atoms with Gasteiger partial charge in [-0.15, -0.1) is 0 Å². The Kier molecular flexibility index (Phi) is 24.2. The quantitative estimate of drug-likeness (QED) is 0.100. The van der Waals surface area contributed by atoms with Crippen molar-refractivity contribution >= 4 is 0 Å². The van der Waals surface area contributed by atoms with Gasteiger partial charge in [0, 0.05) is 13.2 Å². The number of unbranched alkanes of at least 4 members (excludes halogenated alkanes) is 18. The highest BCUT2D eigenvalue weighted by molar-refractivity contribution is 4.69. The van der Waals surface area contributed by atoms with Crippen molar-refractivity contribution in [3.63, 3.8) is 0 Å². The molecular formula is C33H68O2. The van der Waals surface area contributed by atoms with Gasteiger partial charge in [-0.3, -0.25) is 0 Å². The molecule has 212 valence electrons. The zero-order valence-electron chi connectivity index (χ0n) is 25.5. The second-order valence-electron chi connectivity index (χ2n) is 12.4. The maximum atomic E-state index is 6.02. The summed E-state index contributed by atoms with van der Waals surface area (Å²) in [5, 5.41) is 0. The normalized spacial score (nSPS) is 12.5. The first kappa shape index (κ1) is 34.9. The van der Waals surface area contributed by atoms with Gasteiger partial charge in [-0.2, -0.15) is 0 Å². The summed E-state index contributed by atoms with van der Waals surface area (Å²) in [6.45, 7) is 15.4. The molecule has 35 heavy (non-hydrogen) atoms. The first-order valence-corrected chi connectivity index (χ1v) is 16.1. The lowest BCUT2D eigenvalue weighted by molar-refractivity contribution is -0.0265. The van der Waals surface area contributed by atoms with E-state index in [9.17, 15) is 0 Å². The van der Waals surface area contributed by atoms with Crippen LogP contribution in [-0.2, 0) is 9.47 Å². The van der Waals surface area contributed by atoms with Crippen LogP contribution in [0.1, 0.15) is 189 Å². The van der Waals surface area contributed by atoms with Gasteiger partial charge in [0.25, 0.3) is 0 Å². The molecule has 0 N–H and O–H groups in total. The van der Waals surface area contributed by atoms with E-state index in [2.05, 4.69) is 41.5 Å². The Labute approximate surface area is 223 Å². The molecule has 2 heteroatoms. The highest BCUT2D eigenvalue weighted by Crippen LogP contribution is 2.21.